The van der Waals surface area contributed by atoms with E-state index in [0.717, 1.165) is 18.5 Å². The predicted molar refractivity (Wildman–Crippen MR) is 75.3 cm³/mol. The molecule has 0 aromatic carbocycles. The highest BCUT2D eigenvalue weighted by Crippen LogP contribution is 2.20. The molecule has 106 valence electrons. The van der Waals surface area contributed by atoms with E-state index in [9.17, 15) is 9.90 Å². The van der Waals surface area contributed by atoms with Gasteiger partial charge in [-0.1, -0.05) is 40.5 Å². The minimum absolute atomic E-state index is 0.0818. The fourth-order valence-electron chi connectivity index (χ4n) is 1.67. The Morgan fingerprint density at radius 3 is 2.68 bits per heavy atom. The lowest BCUT2D eigenvalue weighted by Crippen LogP contribution is -2.30. The summed E-state index contributed by atoms with van der Waals surface area (Å²) < 4.78 is 0. The number of carboxylic acid groups (broad SMARTS) is 1. The number of carbonyl (C=O) groups is 1. The molecule has 0 fully saturated rings. The Hall–Kier alpha value is -1.65. The van der Waals surface area contributed by atoms with Gasteiger partial charge in [0.2, 0.25) is 5.95 Å². The Balaban J connectivity index is 2.82. The van der Waals surface area contributed by atoms with Crippen molar-refractivity contribution in [2.75, 3.05) is 5.32 Å². The quantitative estimate of drug-likeness (QED) is 0.827. The second-order valence-corrected chi connectivity index (χ2v) is 5.69. The van der Waals surface area contributed by atoms with Gasteiger partial charge in [0.15, 0.2) is 0 Å². The molecule has 1 aromatic rings. The van der Waals surface area contributed by atoms with Gasteiger partial charge in [-0.2, -0.15) is 0 Å². The van der Waals surface area contributed by atoms with Crippen molar-refractivity contribution < 1.29 is 9.90 Å². The number of hydrogen-bond donors (Lipinski definition) is 2. The monoisotopic (exact) mass is 265 g/mol. The van der Waals surface area contributed by atoms with Crippen LogP contribution < -0.4 is 5.32 Å². The number of rotatable bonds is 6. The Bertz CT molecular complexity index is 427. The third-order valence-corrected chi connectivity index (χ3v) is 2.87. The number of unbranched alkanes of at least 4 members (excludes halogenated alkanes) is 1. The summed E-state index contributed by atoms with van der Waals surface area (Å²) >= 11 is 0. The molecule has 1 unspecified atom stereocenters. The van der Waals surface area contributed by atoms with Crippen LogP contribution in [0, 0.1) is 0 Å². The Kier molecular flexibility index (Phi) is 5.27. The molecule has 0 amide bonds. The standard InChI is InChI=1S/C14H23N3O2/c1-5-6-7-10(12(18)19)16-13-15-9-8-11(17-13)14(2,3)4/h8-10H,5-7H2,1-4H3,(H,18,19)(H,15,16,17). The third-order valence-electron chi connectivity index (χ3n) is 2.87. The van der Waals surface area contributed by atoms with Gasteiger partial charge in [0.05, 0.1) is 5.69 Å². The molecule has 2 N–H and O–H groups in total. The van der Waals surface area contributed by atoms with Gasteiger partial charge >= 0.3 is 5.97 Å². The van der Waals surface area contributed by atoms with E-state index in [1.165, 1.54) is 0 Å². The maximum Gasteiger partial charge on any atom is 0.326 e. The van der Waals surface area contributed by atoms with Crippen molar-refractivity contribution in [1.29, 1.82) is 0 Å². The maximum absolute atomic E-state index is 11.2. The first-order valence-electron chi connectivity index (χ1n) is 6.67. The van der Waals surface area contributed by atoms with Crippen LogP contribution in [0.3, 0.4) is 0 Å². The van der Waals surface area contributed by atoms with E-state index >= 15 is 0 Å². The van der Waals surface area contributed by atoms with Gasteiger partial charge in [-0.25, -0.2) is 14.8 Å². The van der Waals surface area contributed by atoms with Crippen LogP contribution in [-0.4, -0.2) is 27.1 Å². The normalized spacial score (nSPS) is 13.1. The molecule has 0 radical (unpaired) electrons. The summed E-state index contributed by atoms with van der Waals surface area (Å²) in [5.74, 6) is -0.478. The highest BCUT2D eigenvalue weighted by Gasteiger charge is 2.20. The molecule has 1 heterocycles. The highest BCUT2D eigenvalue weighted by molar-refractivity contribution is 5.76. The predicted octanol–water partition coefficient (Wildman–Crippen LogP) is 2.83. The second kappa shape index (κ2) is 6.50. The molecular weight excluding hydrogens is 242 g/mol. The first kappa shape index (κ1) is 15.4. The first-order chi connectivity index (χ1) is 8.84. The molecule has 0 saturated heterocycles. The summed E-state index contributed by atoms with van der Waals surface area (Å²) in [4.78, 5) is 19.7. The number of nitrogens with zero attached hydrogens (tertiary/aromatic N) is 2. The van der Waals surface area contributed by atoms with Crippen LogP contribution in [0.5, 0.6) is 0 Å². The van der Waals surface area contributed by atoms with E-state index in [1.807, 2.05) is 13.0 Å². The van der Waals surface area contributed by atoms with Crippen LogP contribution >= 0.6 is 0 Å². The number of hydrogen-bond acceptors (Lipinski definition) is 4. The van der Waals surface area contributed by atoms with Crippen molar-refractivity contribution in [3.63, 3.8) is 0 Å². The summed E-state index contributed by atoms with van der Waals surface area (Å²) in [6.07, 6.45) is 4.07. The van der Waals surface area contributed by atoms with E-state index in [-0.39, 0.29) is 5.41 Å². The number of aromatic nitrogens is 2. The van der Waals surface area contributed by atoms with Crippen LogP contribution in [0.2, 0.25) is 0 Å². The van der Waals surface area contributed by atoms with Gasteiger partial charge < -0.3 is 10.4 Å². The Morgan fingerprint density at radius 2 is 2.16 bits per heavy atom. The van der Waals surface area contributed by atoms with E-state index in [2.05, 4.69) is 36.1 Å². The van der Waals surface area contributed by atoms with Gasteiger partial charge in [0.25, 0.3) is 0 Å². The van der Waals surface area contributed by atoms with Crippen molar-refractivity contribution >= 4 is 11.9 Å². The molecule has 0 saturated carbocycles. The van der Waals surface area contributed by atoms with Gasteiger partial charge in [-0.05, 0) is 12.5 Å². The van der Waals surface area contributed by atoms with Gasteiger partial charge in [0.1, 0.15) is 6.04 Å². The van der Waals surface area contributed by atoms with E-state index < -0.39 is 12.0 Å². The zero-order valence-electron chi connectivity index (χ0n) is 12.1. The molecule has 0 aliphatic rings. The van der Waals surface area contributed by atoms with E-state index in [1.54, 1.807) is 6.20 Å². The smallest absolute Gasteiger partial charge is 0.326 e. The van der Waals surface area contributed by atoms with Crippen molar-refractivity contribution in [3.05, 3.63) is 18.0 Å². The van der Waals surface area contributed by atoms with Crippen LogP contribution in [0.1, 0.15) is 52.7 Å². The van der Waals surface area contributed by atoms with Crippen molar-refractivity contribution in [2.45, 2.75) is 58.4 Å². The lowest BCUT2D eigenvalue weighted by molar-refractivity contribution is -0.138. The molecular formula is C14H23N3O2. The lowest BCUT2D eigenvalue weighted by Gasteiger charge is -2.19. The van der Waals surface area contributed by atoms with Gasteiger partial charge in [-0.3, -0.25) is 0 Å². The first-order valence-corrected chi connectivity index (χ1v) is 6.67. The van der Waals surface area contributed by atoms with E-state index in [4.69, 9.17) is 0 Å². The summed E-state index contributed by atoms with van der Waals surface area (Å²) in [5.41, 5.74) is 0.811. The molecule has 0 spiro atoms. The van der Waals surface area contributed by atoms with E-state index in [0.29, 0.717) is 12.4 Å². The summed E-state index contributed by atoms with van der Waals surface area (Å²) in [6.45, 7) is 8.22. The highest BCUT2D eigenvalue weighted by atomic mass is 16.4. The molecule has 0 aliphatic heterocycles. The summed E-state index contributed by atoms with van der Waals surface area (Å²) in [6, 6.07) is 1.22. The fourth-order valence-corrected chi connectivity index (χ4v) is 1.67. The Morgan fingerprint density at radius 1 is 1.47 bits per heavy atom. The zero-order chi connectivity index (χ0) is 14.5. The number of nitrogens with one attached hydrogen (secondary N) is 1. The van der Waals surface area contributed by atoms with Crippen LogP contribution in [0.25, 0.3) is 0 Å². The van der Waals surface area contributed by atoms with Gasteiger partial charge in [-0.15, -0.1) is 0 Å². The molecule has 1 aromatic heterocycles. The Labute approximate surface area is 114 Å². The SMILES string of the molecule is CCCCC(Nc1nccc(C(C)(C)C)n1)C(=O)O. The molecule has 5 heteroatoms. The fraction of sp³-hybridized carbons (Fsp3) is 0.643. The minimum Gasteiger partial charge on any atom is -0.480 e. The number of anilines is 1. The lowest BCUT2D eigenvalue weighted by atomic mass is 9.92. The second-order valence-electron chi connectivity index (χ2n) is 5.69. The largest absolute Gasteiger partial charge is 0.480 e. The summed E-state index contributed by atoms with van der Waals surface area (Å²) in [7, 11) is 0. The number of carboxylic acids is 1. The third kappa shape index (κ3) is 4.85. The maximum atomic E-state index is 11.2. The minimum atomic E-state index is -0.863. The van der Waals surface area contributed by atoms with Gasteiger partial charge in [0, 0.05) is 11.6 Å². The molecule has 5 nitrogen and oxygen atoms in total. The average Bonchev–Trinajstić information content (AvgIpc) is 2.33. The topological polar surface area (TPSA) is 75.1 Å². The van der Waals surface area contributed by atoms with Crippen LogP contribution in [0.15, 0.2) is 12.3 Å². The average molecular weight is 265 g/mol. The molecule has 0 bridgehead atoms. The van der Waals surface area contributed by atoms with Crippen molar-refractivity contribution in [3.8, 4) is 0 Å². The molecule has 1 rings (SSSR count). The molecule has 19 heavy (non-hydrogen) atoms. The van der Waals surface area contributed by atoms with Crippen LogP contribution in [0.4, 0.5) is 5.95 Å². The van der Waals surface area contributed by atoms with Crippen molar-refractivity contribution in [2.24, 2.45) is 0 Å². The van der Waals surface area contributed by atoms with Crippen LogP contribution in [-0.2, 0) is 10.2 Å². The molecule has 1 atom stereocenters. The zero-order valence-corrected chi connectivity index (χ0v) is 12.1. The molecule has 0 aliphatic carbocycles. The van der Waals surface area contributed by atoms with Crippen molar-refractivity contribution in [1.82, 2.24) is 9.97 Å². The summed E-state index contributed by atoms with van der Waals surface area (Å²) in [5, 5.41) is 12.1. The number of aliphatic carboxylic acids is 1.